The highest BCUT2D eigenvalue weighted by atomic mass is 32.2. The van der Waals surface area contributed by atoms with Crippen molar-refractivity contribution in [1.82, 2.24) is 0 Å². The van der Waals surface area contributed by atoms with Crippen molar-refractivity contribution in [2.75, 3.05) is 0 Å². The summed E-state index contributed by atoms with van der Waals surface area (Å²) < 4.78 is 0.0139. The first kappa shape index (κ1) is 11.8. The first-order chi connectivity index (χ1) is 5.39. The lowest BCUT2D eigenvalue weighted by atomic mass is 10.1. The van der Waals surface area contributed by atoms with E-state index < -0.39 is 0 Å². The van der Waals surface area contributed by atoms with Gasteiger partial charge in [-0.25, -0.2) is 0 Å². The van der Waals surface area contributed by atoms with Crippen LogP contribution in [0.25, 0.3) is 0 Å². The van der Waals surface area contributed by atoms with E-state index in [4.69, 9.17) is 5.26 Å². The van der Waals surface area contributed by atoms with Crippen molar-refractivity contribution in [2.45, 2.75) is 57.0 Å². The lowest BCUT2D eigenvalue weighted by Crippen LogP contribution is -2.27. The summed E-state index contributed by atoms with van der Waals surface area (Å²) in [5.74, 6) is 0. The van der Waals surface area contributed by atoms with Crippen LogP contribution in [0, 0.1) is 11.3 Å². The van der Waals surface area contributed by atoms with Gasteiger partial charge < -0.3 is 0 Å². The minimum absolute atomic E-state index is 0.168. The van der Waals surface area contributed by atoms with Crippen LogP contribution in [0.1, 0.15) is 47.5 Å². The average Bonchev–Trinajstić information content (AvgIpc) is 1.99. The standard InChI is InChI=1S/C10H19NS/c1-6-10(7-2,8-11)12-9(3,4)5/h6-7H2,1-5H3. The Morgan fingerprint density at radius 1 is 1.17 bits per heavy atom. The van der Waals surface area contributed by atoms with Crippen molar-refractivity contribution in [1.29, 1.82) is 5.26 Å². The molecular weight excluding hydrogens is 166 g/mol. The molecule has 0 aromatic carbocycles. The second-order valence-electron chi connectivity index (χ2n) is 4.03. The lowest BCUT2D eigenvalue weighted by Gasteiger charge is -2.30. The van der Waals surface area contributed by atoms with Crippen LogP contribution in [0.3, 0.4) is 0 Å². The van der Waals surface area contributed by atoms with E-state index in [1.165, 1.54) is 0 Å². The molecular formula is C10H19NS. The molecule has 0 N–H and O–H groups in total. The molecule has 0 rings (SSSR count). The molecule has 0 aliphatic carbocycles. The summed E-state index contributed by atoms with van der Waals surface area (Å²) in [7, 11) is 0. The molecule has 1 nitrogen and oxygen atoms in total. The quantitative estimate of drug-likeness (QED) is 0.670. The predicted octanol–water partition coefficient (Wildman–Crippen LogP) is 3.60. The Kier molecular flexibility index (Phi) is 4.13. The van der Waals surface area contributed by atoms with E-state index in [0.29, 0.717) is 0 Å². The zero-order chi connectivity index (χ0) is 9.83. The third-order valence-electron chi connectivity index (χ3n) is 1.85. The summed E-state index contributed by atoms with van der Waals surface area (Å²) in [4.78, 5) is 0. The molecule has 0 spiro atoms. The second-order valence-corrected chi connectivity index (χ2v) is 6.24. The predicted molar refractivity (Wildman–Crippen MR) is 56.3 cm³/mol. The van der Waals surface area contributed by atoms with Gasteiger partial charge in [-0.15, -0.1) is 11.8 Å². The topological polar surface area (TPSA) is 23.8 Å². The van der Waals surface area contributed by atoms with Crippen molar-refractivity contribution < 1.29 is 0 Å². The van der Waals surface area contributed by atoms with Crippen LogP contribution < -0.4 is 0 Å². The van der Waals surface area contributed by atoms with Crippen LogP contribution in [0.2, 0.25) is 0 Å². The number of nitrogens with zero attached hydrogens (tertiary/aromatic N) is 1. The smallest absolute Gasteiger partial charge is 0.102 e. The normalized spacial score (nSPS) is 12.7. The van der Waals surface area contributed by atoms with E-state index in [1.807, 2.05) is 0 Å². The Balaban J connectivity index is 4.45. The Hall–Kier alpha value is -0.160. The van der Waals surface area contributed by atoms with Gasteiger partial charge in [-0.1, -0.05) is 34.6 Å². The molecule has 0 fully saturated rings. The van der Waals surface area contributed by atoms with Gasteiger partial charge in [0.25, 0.3) is 0 Å². The van der Waals surface area contributed by atoms with E-state index >= 15 is 0 Å². The highest BCUT2D eigenvalue weighted by Gasteiger charge is 2.31. The lowest BCUT2D eigenvalue weighted by molar-refractivity contribution is 0.653. The Morgan fingerprint density at radius 2 is 1.58 bits per heavy atom. The number of thioether (sulfide) groups is 1. The summed E-state index contributed by atoms with van der Waals surface area (Å²) in [6.07, 6.45) is 1.86. The maximum atomic E-state index is 9.07. The van der Waals surface area contributed by atoms with Crippen molar-refractivity contribution in [2.24, 2.45) is 0 Å². The number of hydrogen-bond donors (Lipinski definition) is 0. The fourth-order valence-corrected chi connectivity index (χ4v) is 2.67. The van der Waals surface area contributed by atoms with Gasteiger partial charge in [-0.2, -0.15) is 5.26 Å². The summed E-state index contributed by atoms with van der Waals surface area (Å²) >= 11 is 1.79. The van der Waals surface area contributed by atoms with Gasteiger partial charge in [-0.05, 0) is 12.8 Å². The van der Waals surface area contributed by atoms with E-state index in [1.54, 1.807) is 11.8 Å². The van der Waals surface area contributed by atoms with Gasteiger partial charge >= 0.3 is 0 Å². The molecule has 0 saturated heterocycles. The minimum Gasteiger partial charge on any atom is -0.197 e. The van der Waals surface area contributed by atoms with Gasteiger partial charge in [0.2, 0.25) is 0 Å². The third kappa shape index (κ3) is 3.49. The van der Waals surface area contributed by atoms with Gasteiger partial charge in [0.05, 0.1) is 6.07 Å². The van der Waals surface area contributed by atoms with Crippen LogP contribution in [0.5, 0.6) is 0 Å². The van der Waals surface area contributed by atoms with Crippen molar-refractivity contribution in [3.63, 3.8) is 0 Å². The maximum absolute atomic E-state index is 9.07. The molecule has 0 aliphatic rings. The van der Waals surface area contributed by atoms with Gasteiger partial charge in [-0.3, -0.25) is 0 Å². The number of rotatable bonds is 3. The highest BCUT2D eigenvalue weighted by Crippen LogP contribution is 2.40. The first-order valence-corrected chi connectivity index (χ1v) is 5.32. The third-order valence-corrected chi connectivity index (χ3v) is 3.52. The SMILES string of the molecule is CCC(C#N)(CC)SC(C)(C)C. The van der Waals surface area contributed by atoms with Crippen LogP contribution >= 0.6 is 11.8 Å². The summed E-state index contributed by atoms with van der Waals surface area (Å²) in [6, 6.07) is 2.43. The fraction of sp³-hybridized carbons (Fsp3) is 0.900. The maximum Gasteiger partial charge on any atom is 0.102 e. The molecule has 0 aliphatic heterocycles. The minimum atomic E-state index is -0.168. The summed E-state index contributed by atoms with van der Waals surface area (Å²) in [5, 5.41) is 9.07. The molecule has 0 saturated carbocycles. The van der Waals surface area contributed by atoms with Gasteiger partial charge in [0.15, 0.2) is 0 Å². The molecule has 0 heterocycles. The Bertz CT molecular complexity index is 169. The van der Waals surface area contributed by atoms with E-state index in [-0.39, 0.29) is 9.49 Å². The van der Waals surface area contributed by atoms with Crippen molar-refractivity contribution >= 4 is 11.8 Å². The molecule has 12 heavy (non-hydrogen) atoms. The monoisotopic (exact) mass is 185 g/mol. The van der Waals surface area contributed by atoms with Crippen LogP contribution in [0.15, 0.2) is 0 Å². The molecule has 0 atom stereocenters. The van der Waals surface area contributed by atoms with Crippen molar-refractivity contribution in [3.05, 3.63) is 0 Å². The van der Waals surface area contributed by atoms with Crippen LogP contribution in [-0.2, 0) is 0 Å². The average molecular weight is 185 g/mol. The van der Waals surface area contributed by atoms with Crippen molar-refractivity contribution in [3.8, 4) is 6.07 Å². The highest BCUT2D eigenvalue weighted by molar-refractivity contribution is 8.02. The number of nitriles is 1. The Morgan fingerprint density at radius 3 is 1.67 bits per heavy atom. The molecule has 0 aromatic heterocycles. The van der Waals surface area contributed by atoms with E-state index in [2.05, 4.69) is 40.7 Å². The number of hydrogen-bond acceptors (Lipinski definition) is 2. The molecule has 0 amide bonds. The molecule has 0 aromatic rings. The molecule has 0 bridgehead atoms. The molecule has 0 radical (unpaired) electrons. The fourth-order valence-electron chi connectivity index (χ4n) is 1.16. The van der Waals surface area contributed by atoms with E-state index in [9.17, 15) is 0 Å². The van der Waals surface area contributed by atoms with Crippen LogP contribution in [0.4, 0.5) is 0 Å². The van der Waals surface area contributed by atoms with E-state index in [0.717, 1.165) is 12.8 Å². The molecule has 70 valence electrons. The zero-order valence-corrected chi connectivity index (χ0v) is 9.59. The summed E-state index contributed by atoms with van der Waals surface area (Å²) in [5.41, 5.74) is 0. The summed E-state index contributed by atoms with van der Waals surface area (Å²) in [6.45, 7) is 10.7. The zero-order valence-electron chi connectivity index (χ0n) is 8.77. The second kappa shape index (κ2) is 4.18. The van der Waals surface area contributed by atoms with Crippen LogP contribution in [-0.4, -0.2) is 9.49 Å². The molecule has 0 unspecified atom stereocenters. The Labute approximate surface area is 80.5 Å². The first-order valence-electron chi connectivity index (χ1n) is 4.50. The molecule has 2 heteroatoms. The largest absolute Gasteiger partial charge is 0.197 e. The van der Waals surface area contributed by atoms with Gasteiger partial charge in [0, 0.05) is 4.75 Å². The van der Waals surface area contributed by atoms with Gasteiger partial charge in [0.1, 0.15) is 4.75 Å².